The fourth-order valence-electron chi connectivity index (χ4n) is 6.42. The van der Waals surface area contributed by atoms with Crippen LogP contribution in [0.5, 0.6) is 0 Å². The summed E-state index contributed by atoms with van der Waals surface area (Å²) >= 11 is 0. The second-order valence-electron chi connectivity index (χ2n) is 12.0. The van der Waals surface area contributed by atoms with Crippen molar-refractivity contribution in [2.75, 3.05) is 0 Å². The maximum atomic E-state index is 4.91. The quantitative estimate of drug-likeness (QED) is 0.184. The fraction of sp³-hybridized carbons (Fsp3) is 0. The molecule has 230 valence electrons. The molecule has 0 saturated carbocycles. The maximum absolute atomic E-state index is 4.91. The van der Waals surface area contributed by atoms with Crippen LogP contribution >= 0.6 is 0 Å². The number of imidazole rings is 1. The summed E-state index contributed by atoms with van der Waals surface area (Å²) in [6.07, 6.45) is 1.89. The van der Waals surface area contributed by atoms with Crippen molar-refractivity contribution in [2.45, 2.75) is 0 Å². The average molecular weight is 628 g/mol. The molecule has 0 aliphatic heterocycles. The standard InChI is InChI=1S/C44H29N5/c1-3-10-33(11-4-1)42-46-43(34-12-5-2-6-13-34)48-44(47-42)35-21-18-32(19-22-35)38-15-9-14-31-20-23-36(28-39(31)38)30-24-26-37(27-25-30)49-29-45-40-16-7-8-17-41(40)49/h1-29H. The fourth-order valence-corrected chi connectivity index (χ4v) is 6.42. The molecule has 5 heteroatoms. The first-order chi connectivity index (χ1) is 24.3. The third-order valence-corrected chi connectivity index (χ3v) is 8.97. The van der Waals surface area contributed by atoms with Gasteiger partial charge in [-0.3, -0.25) is 4.57 Å². The zero-order valence-corrected chi connectivity index (χ0v) is 26.5. The number of nitrogens with zero attached hydrogens (tertiary/aromatic N) is 5. The number of aromatic nitrogens is 5. The Hall–Kier alpha value is -6.72. The predicted molar refractivity (Wildman–Crippen MR) is 199 cm³/mol. The summed E-state index contributed by atoms with van der Waals surface area (Å²) in [5.41, 5.74) is 10.7. The summed E-state index contributed by atoms with van der Waals surface area (Å²) in [5, 5.41) is 2.40. The Morgan fingerprint density at radius 3 is 1.61 bits per heavy atom. The average Bonchev–Trinajstić information content (AvgIpc) is 3.62. The first-order valence-electron chi connectivity index (χ1n) is 16.3. The van der Waals surface area contributed by atoms with E-state index in [4.69, 9.17) is 15.0 Å². The molecular formula is C44H29N5. The van der Waals surface area contributed by atoms with Crippen LogP contribution in [-0.4, -0.2) is 24.5 Å². The van der Waals surface area contributed by atoms with Gasteiger partial charge in [-0.15, -0.1) is 0 Å². The minimum absolute atomic E-state index is 0.645. The van der Waals surface area contributed by atoms with Crippen molar-refractivity contribution in [1.82, 2.24) is 24.5 Å². The highest BCUT2D eigenvalue weighted by Crippen LogP contribution is 2.34. The summed E-state index contributed by atoms with van der Waals surface area (Å²) in [5.74, 6) is 1.95. The van der Waals surface area contributed by atoms with E-state index in [1.165, 1.54) is 27.5 Å². The van der Waals surface area contributed by atoms with Gasteiger partial charge in [0, 0.05) is 22.4 Å². The van der Waals surface area contributed by atoms with Crippen LogP contribution in [0.4, 0.5) is 0 Å². The first-order valence-corrected chi connectivity index (χ1v) is 16.3. The van der Waals surface area contributed by atoms with Crippen LogP contribution in [0.3, 0.4) is 0 Å². The Morgan fingerprint density at radius 2 is 0.939 bits per heavy atom. The molecule has 5 nitrogen and oxygen atoms in total. The van der Waals surface area contributed by atoms with Gasteiger partial charge < -0.3 is 0 Å². The van der Waals surface area contributed by atoms with Crippen molar-refractivity contribution in [3.05, 3.63) is 176 Å². The summed E-state index contributed by atoms with van der Waals surface area (Å²) in [6.45, 7) is 0. The molecule has 9 aromatic rings. The van der Waals surface area contributed by atoms with Crippen LogP contribution in [0.1, 0.15) is 0 Å². The smallest absolute Gasteiger partial charge is 0.164 e. The molecule has 49 heavy (non-hydrogen) atoms. The molecule has 9 rings (SSSR count). The van der Waals surface area contributed by atoms with Gasteiger partial charge in [0.1, 0.15) is 6.33 Å². The van der Waals surface area contributed by atoms with Gasteiger partial charge in [0.25, 0.3) is 0 Å². The van der Waals surface area contributed by atoms with Crippen molar-refractivity contribution in [1.29, 1.82) is 0 Å². The van der Waals surface area contributed by atoms with Gasteiger partial charge in [-0.2, -0.15) is 0 Å². The molecule has 0 fully saturated rings. The highest BCUT2D eigenvalue weighted by atomic mass is 15.0. The summed E-state index contributed by atoms with van der Waals surface area (Å²) in [7, 11) is 0. The van der Waals surface area contributed by atoms with E-state index in [0.717, 1.165) is 39.0 Å². The second-order valence-corrected chi connectivity index (χ2v) is 12.0. The molecule has 0 unspecified atom stereocenters. The normalized spacial score (nSPS) is 11.3. The lowest BCUT2D eigenvalue weighted by molar-refractivity contribution is 1.07. The number of para-hydroxylation sites is 2. The third-order valence-electron chi connectivity index (χ3n) is 8.97. The van der Waals surface area contributed by atoms with Crippen LogP contribution in [0.15, 0.2) is 176 Å². The van der Waals surface area contributed by atoms with E-state index in [-0.39, 0.29) is 0 Å². The van der Waals surface area contributed by atoms with Crippen molar-refractivity contribution in [3.63, 3.8) is 0 Å². The van der Waals surface area contributed by atoms with Crippen LogP contribution in [-0.2, 0) is 0 Å². The number of benzene rings is 7. The molecule has 2 heterocycles. The van der Waals surface area contributed by atoms with Gasteiger partial charge in [-0.05, 0) is 63.4 Å². The Labute approximate surface area is 283 Å². The molecule has 0 bridgehead atoms. The number of hydrogen-bond acceptors (Lipinski definition) is 4. The van der Waals surface area contributed by atoms with E-state index in [1.807, 2.05) is 85.2 Å². The lowest BCUT2D eigenvalue weighted by Crippen LogP contribution is -2.00. The van der Waals surface area contributed by atoms with Crippen LogP contribution in [0, 0.1) is 0 Å². The van der Waals surface area contributed by atoms with Crippen molar-refractivity contribution < 1.29 is 0 Å². The minimum atomic E-state index is 0.645. The van der Waals surface area contributed by atoms with Gasteiger partial charge >= 0.3 is 0 Å². The Morgan fingerprint density at radius 1 is 0.388 bits per heavy atom. The highest BCUT2D eigenvalue weighted by Gasteiger charge is 2.13. The van der Waals surface area contributed by atoms with Crippen LogP contribution in [0.2, 0.25) is 0 Å². The monoisotopic (exact) mass is 627 g/mol. The molecule has 0 aliphatic rings. The van der Waals surface area contributed by atoms with Crippen molar-refractivity contribution in [3.8, 4) is 62.1 Å². The third kappa shape index (κ3) is 5.43. The molecule has 0 aliphatic carbocycles. The molecule has 0 radical (unpaired) electrons. The van der Waals surface area contributed by atoms with Gasteiger partial charge in [0.2, 0.25) is 0 Å². The van der Waals surface area contributed by atoms with Crippen LogP contribution < -0.4 is 0 Å². The lowest BCUT2D eigenvalue weighted by Gasteiger charge is -2.12. The Kier molecular flexibility index (Phi) is 7.06. The van der Waals surface area contributed by atoms with Crippen molar-refractivity contribution >= 4 is 21.8 Å². The van der Waals surface area contributed by atoms with E-state index >= 15 is 0 Å². The Bertz CT molecular complexity index is 2520. The van der Waals surface area contributed by atoms with E-state index in [9.17, 15) is 0 Å². The second kappa shape index (κ2) is 12.1. The molecule has 7 aromatic carbocycles. The highest BCUT2D eigenvalue weighted by molar-refractivity contribution is 5.99. The first kappa shape index (κ1) is 28.5. The van der Waals surface area contributed by atoms with E-state index in [2.05, 4.69) is 101 Å². The predicted octanol–water partition coefficient (Wildman–Crippen LogP) is 10.7. The summed E-state index contributed by atoms with van der Waals surface area (Å²) in [4.78, 5) is 19.2. The molecule has 0 N–H and O–H groups in total. The van der Waals surface area contributed by atoms with Gasteiger partial charge in [-0.1, -0.05) is 140 Å². The molecular weight excluding hydrogens is 599 g/mol. The van der Waals surface area contributed by atoms with E-state index in [0.29, 0.717) is 17.5 Å². The summed E-state index contributed by atoms with van der Waals surface area (Å²) in [6, 6.07) is 58.8. The minimum Gasteiger partial charge on any atom is -0.299 e. The van der Waals surface area contributed by atoms with E-state index in [1.54, 1.807) is 0 Å². The zero-order chi connectivity index (χ0) is 32.6. The topological polar surface area (TPSA) is 56.5 Å². The lowest BCUT2D eigenvalue weighted by atomic mass is 9.94. The van der Waals surface area contributed by atoms with Gasteiger partial charge in [0.15, 0.2) is 17.5 Å². The number of rotatable bonds is 6. The van der Waals surface area contributed by atoms with E-state index < -0.39 is 0 Å². The maximum Gasteiger partial charge on any atom is 0.164 e. The molecule has 2 aromatic heterocycles. The summed E-state index contributed by atoms with van der Waals surface area (Å²) < 4.78 is 2.13. The Balaban J connectivity index is 1.06. The molecule has 0 spiro atoms. The molecule has 0 saturated heterocycles. The van der Waals surface area contributed by atoms with Crippen LogP contribution in [0.25, 0.3) is 83.9 Å². The number of hydrogen-bond donors (Lipinski definition) is 0. The molecule has 0 atom stereocenters. The van der Waals surface area contributed by atoms with Crippen molar-refractivity contribution in [2.24, 2.45) is 0 Å². The zero-order valence-electron chi connectivity index (χ0n) is 26.5. The molecule has 0 amide bonds. The van der Waals surface area contributed by atoms with Gasteiger partial charge in [0.05, 0.1) is 11.0 Å². The van der Waals surface area contributed by atoms with Gasteiger partial charge in [-0.25, -0.2) is 19.9 Å². The SMILES string of the molecule is c1ccc(-c2nc(-c3ccccc3)nc(-c3ccc(-c4cccc5ccc(-c6ccc(-n7cnc8ccccc87)cc6)cc45)cc3)n2)cc1. The number of fused-ring (bicyclic) bond motifs is 2. The largest absolute Gasteiger partial charge is 0.299 e.